The second-order valence-electron chi connectivity index (χ2n) is 4.67. The smallest absolute Gasteiger partial charge is 0.246 e. The zero-order chi connectivity index (χ0) is 14.2. The minimum Gasteiger partial charge on any atom is -0.311 e. The molecule has 1 aromatic carbocycles. The second-order valence-corrected chi connectivity index (χ2v) is 6.53. The Hall–Kier alpha value is -1.05. The zero-order valence-corrected chi connectivity index (χ0v) is 11.5. The van der Waals surface area contributed by atoms with Crippen LogP contribution in [0.2, 0.25) is 0 Å². The van der Waals surface area contributed by atoms with Crippen LogP contribution in [0, 0.1) is 11.6 Å². The van der Waals surface area contributed by atoms with Gasteiger partial charge in [0.05, 0.1) is 0 Å². The van der Waals surface area contributed by atoms with Crippen molar-refractivity contribution in [3.8, 4) is 0 Å². The molecule has 19 heavy (non-hydrogen) atoms. The van der Waals surface area contributed by atoms with Crippen molar-refractivity contribution in [1.82, 2.24) is 9.62 Å². The van der Waals surface area contributed by atoms with Crippen LogP contribution in [0.3, 0.4) is 0 Å². The zero-order valence-electron chi connectivity index (χ0n) is 10.7. The summed E-state index contributed by atoms with van der Waals surface area (Å²) in [4.78, 5) is -0.603. The highest BCUT2D eigenvalue weighted by molar-refractivity contribution is 7.89. The van der Waals surface area contributed by atoms with Gasteiger partial charge in [0.25, 0.3) is 0 Å². The van der Waals surface area contributed by atoms with Crippen molar-refractivity contribution < 1.29 is 17.2 Å². The van der Waals surface area contributed by atoms with Crippen LogP contribution in [0.4, 0.5) is 8.78 Å². The van der Waals surface area contributed by atoms with E-state index in [0.717, 1.165) is 18.2 Å². The van der Waals surface area contributed by atoms with E-state index in [1.165, 1.54) is 4.31 Å². The van der Waals surface area contributed by atoms with Crippen LogP contribution >= 0.6 is 0 Å². The summed E-state index contributed by atoms with van der Waals surface area (Å²) in [7, 11) is -4.02. The first-order chi connectivity index (χ1) is 8.84. The molecule has 0 aromatic heterocycles. The molecule has 1 saturated heterocycles. The lowest BCUT2D eigenvalue weighted by atomic mass is 10.1. The molecule has 0 amide bonds. The van der Waals surface area contributed by atoms with E-state index in [0.29, 0.717) is 6.54 Å². The molecule has 1 aromatic rings. The maximum Gasteiger partial charge on any atom is 0.246 e. The lowest BCUT2D eigenvalue weighted by molar-refractivity contribution is 0.232. The van der Waals surface area contributed by atoms with Gasteiger partial charge in [0.2, 0.25) is 10.0 Å². The van der Waals surface area contributed by atoms with Crippen LogP contribution in [0.5, 0.6) is 0 Å². The first-order valence-corrected chi connectivity index (χ1v) is 7.48. The molecule has 0 radical (unpaired) electrons. The van der Waals surface area contributed by atoms with Crippen LogP contribution in [0.25, 0.3) is 0 Å². The number of rotatable bonds is 2. The summed E-state index contributed by atoms with van der Waals surface area (Å²) >= 11 is 0. The highest BCUT2D eigenvalue weighted by Crippen LogP contribution is 2.24. The predicted octanol–water partition coefficient (Wildman–Crippen LogP) is 1.34. The van der Waals surface area contributed by atoms with Gasteiger partial charge in [0, 0.05) is 25.2 Å². The summed E-state index contributed by atoms with van der Waals surface area (Å²) < 4.78 is 52.8. The minimum absolute atomic E-state index is 0.0415. The van der Waals surface area contributed by atoms with Crippen molar-refractivity contribution in [2.75, 3.05) is 13.1 Å². The average Bonchev–Trinajstić information content (AvgIpc) is 2.35. The number of benzene rings is 1. The maximum absolute atomic E-state index is 13.7. The van der Waals surface area contributed by atoms with Gasteiger partial charge in [-0.1, -0.05) is 0 Å². The van der Waals surface area contributed by atoms with Crippen LogP contribution in [0.1, 0.15) is 13.8 Å². The number of hydrogen-bond acceptors (Lipinski definition) is 3. The van der Waals surface area contributed by atoms with Gasteiger partial charge in [-0.15, -0.1) is 0 Å². The van der Waals surface area contributed by atoms with Crippen LogP contribution in [-0.2, 0) is 10.0 Å². The molecule has 1 aliphatic rings. The van der Waals surface area contributed by atoms with Gasteiger partial charge in [0.15, 0.2) is 0 Å². The molecule has 2 rings (SSSR count). The van der Waals surface area contributed by atoms with Gasteiger partial charge in [-0.25, -0.2) is 17.2 Å². The van der Waals surface area contributed by atoms with Crippen LogP contribution < -0.4 is 5.32 Å². The molecule has 2 unspecified atom stereocenters. The topological polar surface area (TPSA) is 49.4 Å². The Labute approximate surface area is 111 Å². The lowest BCUT2D eigenvalue weighted by Crippen LogP contribution is -2.57. The molecule has 1 heterocycles. The standard InChI is InChI=1S/C12H16F2N2O2S/c1-8-9(2)16(6-5-15-8)19(17,18)12-7-10(13)3-4-11(12)14/h3-4,7-9,15H,5-6H2,1-2H3. The predicted molar refractivity (Wildman–Crippen MR) is 67.2 cm³/mol. The van der Waals surface area contributed by atoms with E-state index in [2.05, 4.69) is 5.32 Å². The number of sulfonamides is 1. The molecular weight excluding hydrogens is 274 g/mol. The lowest BCUT2D eigenvalue weighted by Gasteiger charge is -2.37. The Morgan fingerprint density at radius 1 is 1.32 bits per heavy atom. The van der Waals surface area contributed by atoms with Crippen molar-refractivity contribution in [1.29, 1.82) is 0 Å². The summed E-state index contributed by atoms with van der Waals surface area (Å²) in [5.41, 5.74) is 0. The fourth-order valence-electron chi connectivity index (χ4n) is 2.17. The fraction of sp³-hybridized carbons (Fsp3) is 0.500. The molecule has 7 heteroatoms. The molecule has 0 aliphatic carbocycles. The largest absolute Gasteiger partial charge is 0.311 e. The molecule has 1 fully saturated rings. The van der Waals surface area contributed by atoms with E-state index in [1.807, 2.05) is 6.92 Å². The Kier molecular flexibility index (Phi) is 3.89. The van der Waals surface area contributed by atoms with Crippen molar-refractivity contribution in [3.05, 3.63) is 29.8 Å². The Balaban J connectivity index is 2.44. The first kappa shape index (κ1) is 14.4. The first-order valence-electron chi connectivity index (χ1n) is 6.04. The average molecular weight is 290 g/mol. The molecule has 0 bridgehead atoms. The Bertz CT molecular complexity index is 577. The number of hydrogen-bond donors (Lipinski definition) is 1. The second kappa shape index (κ2) is 5.15. The van der Waals surface area contributed by atoms with Crippen molar-refractivity contribution >= 4 is 10.0 Å². The van der Waals surface area contributed by atoms with Gasteiger partial charge in [-0.2, -0.15) is 4.31 Å². The molecule has 0 spiro atoms. The molecule has 1 aliphatic heterocycles. The van der Waals surface area contributed by atoms with E-state index in [9.17, 15) is 17.2 Å². The highest BCUT2D eigenvalue weighted by atomic mass is 32.2. The Morgan fingerprint density at radius 3 is 2.68 bits per heavy atom. The number of piperazine rings is 1. The number of halogens is 2. The normalized spacial score (nSPS) is 25.5. The van der Waals surface area contributed by atoms with Gasteiger partial charge in [-0.05, 0) is 32.0 Å². The monoisotopic (exact) mass is 290 g/mol. The van der Waals surface area contributed by atoms with Gasteiger partial charge < -0.3 is 5.32 Å². The SMILES string of the molecule is CC1NCCN(S(=O)(=O)c2cc(F)ccc2F)C1C. The van der Waals surface area contributed by atoms with Crippen molar-refractivity contribution in [2.24, 2.45) is 0 Å². The molecular formula is C12H16F2N2O2S. The van der Waals surface area contributed by atoms with E-state index < -0.39 is 26.6 Å². The van der Waals surface area contributed by atoms with Crippen molar-refractivity contribution in [3.63, 3.8) is 0 Å². The summed E-state index contributed by atoms with van der Waals surface area (Å²) in [5, 5.41) is 3.14. The number of nitrogens with one attached hydrogen (secondary N) is 1. The quantitative estimate of drug-likeness (QED) is 0.894. The summed E-state index contributed by atoms with van der Waals surface area (Å²) in [6.45, 7) is 4.32. The third kappa shape index (κ3) is 2.63. The molecule has 1 N–H and O–H groups in total. The third-order valence-corrected chi connectivity index (χ3v) is 5.46. The number of nitrogens with zero attached hydrogens (tertiary/aromatic N) is 1. The van der Waals surface area contributed by atoms with Gasteiger partial charge in [0.1, 0.15) is 16.5 Å². The highest BCUT2D eigenvalue weighted by Gasteiger charge is 2.36. The molecule has 4 nitrogen and oxygen atoms in total. The van der Waals surface area contributed by atoms with E-state index >= 15 is 0 Å². The minimum atomic E-state index is -4.02. The maximum atomic E-state index is 13.7. The Morgan fingerprint density at radius 2 is 2.00 bits per heavy atom. The van der Waals surface area contributed by atoms with Gasteiger partial charge >= 0.3 is 0 Å². The summed E-state index contributed by atoms with van der Waals surface area (Å²) in [6.07, 6.45) is 0. The van der Waals surface area contributed by atoms with Crippen LogP contribution in [-0.4, -0.2) is 37.9 Å². The van der Waals surface area contributed by atoms with Crippen LogP contribution in [0.15, 0.2) is 23.1 Å². The van der Waals surface area contributed by atoms with Crippen molar-refractivity contribution in [2.45, 2.75) is 30.8 Å². The molecule has 106 valence electrons. The van der Waals surface area contributed by atoms with E-state index in [-0.39, 0.29) is 18.6 Å². The summed E-state index contributed by atoms with van der Waals surface area (Å²) in [6, 6.07) is 2.10. The van der Waals surface area contributed by atoms with Gasteiger partial charge in [-0.3, -0.25) is 0 Å². The van der Waals surface area contributed by atoms with E-state index in [1.54, 1.807) is 6.92 Å². The van der Waals surface area contributed by atoms with E-state index in [4.69, 9.17) is 0 Å². The summed E-state index contributed by atoms with van der Waals surface area (Å²) in [5.74, 6) is -1.70. The molecule has 2 atom stereocenters. The third-order valence-electron chi connectivity index (χ3n) is 3.46. The molecule has 0 saturated carbocycles. The fourth-order valence-corrected chi connectivity index (χ4v) is 3.95.